The molecule has 0 unspecified atom stereocenters. The minimum atomic E-state index is -0.762. The number of carboxylic acids is 1. The molecule has 0 saturated heterocycles. The Morgan fingerprint density at radius 3 is 2.90 bits per heavy atom. The third-order valence-corrected chi connectivity index (χ3v) is 4.16. The molecule has 2 rings (SSSR count). The second-order valence-electron chi connectivity index (χ2n) is 4.87. The zero-order chi connectivity index (χ0) is 14.5. The van der Waals surface area contributed by atoms with E-state index in [0.717, 1.165) is 30.2 Å². The normalized spacial score (nSPS) is 21.6. The van der Waals surface area contributed by atoms with Gasteiger partial charge >= 0.3 is 5.97 Å². The molecule has 6 nitrogen and oxygen atoms in total. The van der Waals surface area contributed by atoms with Crippen molar-refractivity contribution in [1.82, 2.24) is 14.9 Å². The average molecular weight is 296 g/mol. The largest absolute Gasteiger partial charge is 0.480 e. The number of anilines is 1. The minimum Gasteiger partial charge on any atom is -0.480 e. The zero-order valence-electron chi connectivity index (χ0n) is 11.7. The molecule has 0 spiro atoms. The maximum Gasteiger partial charge on any atom is 0.317 e. The Hall–Kier alpha value is -1.34. The molecule has 2 N–H and O–H groups in total. The predicted molar refractivity (Wildman–Crippen MR) is 79.1 cm³/mol. The number of nitrogens with one attached hydrogen (secondary N) is 1. The lowest BCUT2D eigenvalue weighted by molar-refractivity contribution is -0.139. The lowest BCUT2D eigenvalue weighted by atomic mass is 9.85. The standard InChI is InChI=1S/C13H20N4O2S/c1-3-17(8-13(18)19)10-4-9(5-10)15-11-6-14-7-12(16-11)20-2/h6-7,9-10H,3-5,8H2,1-2H3,(H,15,16)(H,18,19). The summed E-state index contributed by atoms with van der Waals surface area (Å²) in [6.45, 7) is 2.89. The van der Waals surface area contributed by atoms with Gasteiger partial charge in [0.15, 0.2) is 0 Å². The monoisotopic (exact) mass is 296 g/mol. The Kier molecular flexibility index (Phi) is 5.19. The number of carboxylic acid groups (broad SMARTS) is 1. The molecule has 20 heavy (non-hydrogen) atoms. The average Bonchev–Trinajstić information content (AvgIpc) is 2.40. The van der Waals surface area contributed by atoms with Crippen LogP contribution in [0.25, 0.3) is 0 Å². The highest BCUT2D eigenvalue weighted by molar-refractivity contribution is 7.98. The Morgan fingerprint density at radius 1 is 1.55 bits per heavy atom. The number of nitrogens with zero attached hydrogens (tertiary/aromatic N) is 3. The zero-order valence-corrected chi connectivity index (χ0v) is 12.6. The molecule has 1 aromatic heterocycles. The van der Waals surface area contributed by atoms with Gasteiger partial charge < -0.3 is 10.4 Å². The lowest BCUT2D eigenvalue weighted by Crippen LogP contribution is -2.51. The molecule has 1 aliphatic rings. The van der Waals surface area contributed by atoms with Gasteiger partial charge in [-0.25, -0.2) is 4.98 Å². The van der Waals surface area contributed by atoms with Gasteiger partial charge in [-0.15, -0.1) is 11.8 Å². The van der Waals surface area contributed by atoms with Crippen LogP contribution in [0, 0.1) is 0 Å². The summed E-state index contributed by atoms with van der Waals surface area (Å²) < 4.78 is 0. The van der Waals surface area contributed by atoms with E-state index >= 15 is 0 Å². The second-order valence-corrected chi connectivity index (χ2v) is 5.70. The molecule has 0 aliphatic heterocycles. The molecule has 0 aromatic carbocycles. The maximum atomic E-state index is 10.8. The summed E-state index contributed by atoms with van der Waals surface area (Å²) in [5.41, 5.74) is 0. The van der Waals surface area contributed by atoms with Crippen LogP contribution >= 0.6 is 11.8 Å². The summed E-state index contributed by atoms with van der Waals surface area (Å²) in [4.78, 5) is 21.4. The van der Waals surface area contributed by atoms with Crippen molar-refractivity contribution >= 4 is 23.5 Å². The Morgan fingerprint density at radius 2 is 2.30 bits per heavy atom. The van der Waals surface area contributed by atoms with Gasteiger partial charge in [-0.1, -0.05) is 6.92 Å². The molecule has 1 saturated carbocycles. The molecule has 0 amide bonds. The fourth-order valence-electron chi connectivity index (χ4n) is 2.40. The van der Waals surface area contributed by atoms with Crippen molar-refractivity contribution in [3.05, 3.63) is 12.4 Å². The van der Waals surface area contributed by atoms with Crippen molar-refractivity contribution in [2.45, 2.75) is 36.9 Å². The van der Waals surface area contributed by atoms with Gasteiger partial charge in [0.2, 0.25) is 0 Å². The molecular weight excluding hydrogens is 276 g/mol. The molecule has 0 radical (unpaired) electrons. The fourth-order valence-corrected chi connectivity index (χ4v) is 2.76. The van der Waals surface area contributed by atoms with Crippen LogP contribution in [0.4, 0.5) is 5.82 Å². The highest BCUT2D eigenvalue weighted by Gasteiger charge is 2.33. The van der Waals surface area contributed by atoms with Gasteiger partial charge in [-0.2, -0.15) is 0 Å². The van der Waals surface area contributed by atoms with Crippen molar-refractivity contribution in [2.75, 3.05) is 24.7 Å². The lowest BCUT2D eigenvalue weighted by Gasteiger charge is -2.42. The quantitative estimate of drug-likeness (QED) is 0.739. The van der Waals surface area contributed by atoms with Gasteiger partial charge in [-0.3, -0.25) is 14.7 Å². The third kappa shape index (κ3) is 3.83. The molecule has 1 heterocycles. The summed E-state index contributed by atoms with van der Waals surface area (Å²) >= 11 is 1.56. The highest BCUT2D eigenvalue weighted by atomic mass is 32.2. The molecule has 1 aromatic rings. The van der Waals surface area contributed by atoms with Crippen molar-refractivity contribution < 1.29 is 9.90 Å². The first-order valence-corrected chi connectivity index (χ1v) is 7.93. The number of likely N-dealkylation sites (N-methyl/N-ethyl adjacent to an activating group) is 1. The van der Waals surface area contributed by atoms with E-state index in [1.807, 2.05) is 18.1 Å². The van der Waals surface area contributed by atoms with Crippen LogP contribution in [0.15, 0.2) is 17.4 Å². The molecular formula is C13H20N4O2S. The van der Waals surface area contributed by atoms with Crippen molar-refractivity contribution in [1.29, 1.82) is 0 Å². The minimum absolute atomic E-state index is 0.121. The van der Waals surface area contributed by atoms with E-state index in [-0.39, 0.29) is 6.54 Å². The van der Waals surface area contributed by atoms with E-state index in [9.17, 15) is 4.79 Å². The number of rotatable bonds is 7. The highest BCUT2D eigenvalue weighted by Crippen LogP contribution is 2.28. The van der Waals surface area contributed by atoms with Crippen LogP contribution in [0.3, 0.4) is 0 Å². The summed E-state index contributed by atoms with van der Waals surface area (Å²) in [5, 5.41) is 13.1. The summed E-state index contributed by atoms with van der Waals surface area (Å²) in [6.07, 6.45) is 7.34. The van der Waals surface area contributed by atoms with Gasteiger partial charge in [0, 0.05) is 12.1 Å². The first kappa shape index (κ1) is 15.1. The number of hydrogen-bond donors (Lipinski definition) is 2. The van der Waals surface area contributed by atoms with Crippen LogP contribution in [0.1, 0.15) is 19.8 Å². The van der Waals surface area contributed by atoms with Crippen LogP contribution in [-0.2, 0) is 4.79 Å². The van der Waals surface area contributed by atoms with E-state index in [2.05, 4.69) is 15.3 Å². The molecule has 1 aliphatic carbocycles. The smallest absolute Gasteiger partial charge is 0.317 e. The van der Waals surface area contributed by atoms with E-state index in [4.69, 9.17) is 5.11 Å². The topological polar surface area (TPSA) is 78.4 Å². The van der Waals surface area contributed by atoms with Crippen LogP contribution in [0.2, 0.25) is 0 Å². The summed E-state index contributed by atoms with van der Waals surface area (Å²) in [5.74, 6) is 0.0309. The number of aromatic nitrogens is 2. The second kappa shape index (κ2) is 6.90. The number of hydrogen-bond acceptors (Lipinski definition) is 6. The van der Waals surface area contributed by atoms with Crippen molar-refractivity contribution in [3.63, 3.8) is 0 Å². The molecule has 0 bridgehead atoms. The Labute approximate surface area is 123 Å². The Balaban J connectivity index is 1.82. The maximum absolute atomic E-state index is 10.8. The molecule has 1 fully saturated rings. The van der Waals surface area contributed by atoms with Crippen molar-refractivity contribution in [2.24, 2.45) is 0 Å². The first-order chi connectivity index (χ1) is 9.62. The summed E-state index contributed by atoms with van der Waals surface area (Å²) in [7, 11) is 0. The van der Waals surface area contributed by atoms with E-state index < -0.39 is 5.97 Å². The molecule has 110 valence electrons. The van der Waals surface area contributed by atoms with Gasteiger partial charge in [0.05, 0.1) is 18.9 Å². The molecule has 0 atom stereocenters. The van der Waals surface area contributed by atoms with Crippen LogP contribution < -0.4 is 5.32 Å². The van der Waals surface area contributed by atoms with E-state index in [1.165, 1.54) is 0 Å². The fraction of sp³-hybridized carbons (Fsp3) is 0.615. The van der Waals surface area contributed by atoms with Crippen LogP contribution in [-0.4, -0.2) is 57.4 Å². The van der Waals surface area contributed by atoms with E-state index in [0.29, 0.717) is 12.1 Å². The third-order valence-electron chi connectivity index (χ3n) is 3.55. The number of aliphatic carboxylic acids is 1. The van der Waals surface area contributed by atoms with Crippen molar-refractivity contribution in [3.8, 4) is 0 Å². The van der Waals surface area contributed by atoms with Gasteiger partial charge in [-0.05, 0) is 25.6 Å². The first-order valence-electron chi connectivity index (χ1n) is 6.70. The number of thioether (sulfide) groups is 1. The predicted octanol–water partition coefficient (Wildman–Crippen LogP) is 1.55. The summed E-state index contributed by atoms with van der Waals surface area (Å²) in [6, 6.07) is 0.708. The van der Waals surface area contributed by atoms with E-state index in [1.54, 1.807) is 24.2 Å². The Bertz CT molecular complexity index is 465. The molecule has 7 heteroatoms. The van der Waals surface area contributed by atoms with Gasteiger partial charge in [0.25, 0.3) is 0 Å². The van der Waals surface area contributed by atoms with Crippen LogP contribution in [0.5, 0.6) is 0 Å². The number of carbonyl (C=O) groups is 1. The van der Waals surface area contributed by atoms with Gasteiger partial charge in [0.1, 0.15) is 10.8 Å². The SMILES string of the molecule is CCN(CC(=O)O)C1CC(Nc2cncc(SC)n2)C1.